The highest BCUT2D eigenvalue weighted by Gasteiger charge is 2.28. The Kier molecular flexibility index (Phi) is 5.91. The van der Waals surface area contributed by atoms with Crippen LogP contribution < -0.4 is 0 Å². The van der Waals surface area contributed by atoms with Gasteiger partial charge in [-0.15, -0.1) is 11.3 Å². The molecule has 5 nitrogen and oxygen atoms in total. The summed E-state index contributed by atoms with van der Waals surface area (Å²) in [5.41, 5.74) is 0.654. The molecule has 0 radical (unpaired) electrons. The lowest BCUT2D eigenvalue weighted by Crippen LogP contribution is -2.41. The van der Waals surface area contributed by atoms with Crippen molar-refractivity contribution in [2.75, 3.05) is 13.7 Å². The number of likely N-dealkylation sites (N-methyl/N-ethyl adjacent to an activating group) is 1. The second kappa shape index (κ2) is 7.55. The molecule has 0 spiro atoms. The molecule has 134 valence electrons. The molecule has 0 aliphatic heterocycles. The smallest absolute Gasteiger partial charge is 0.410 e. The topological polar surface area (TPSA) is 55.8 Å². The van der Waals surface area contributed by atoms with Crippen LogP contribution >= 0.6 is 11.3 Å². The van der Waals surface area contributed by atoms with E-state index in [1.807, 2.05) is 33.8 Å². The number of carbonyl (C=O) groups is 2. The maximum absolute atomic E-state index is 12.3. The van der Waals surface area contributed by atoms with Gasteiger partial charge >= 0.3 is 12.1 Å². The number of esters is 1. The molecule has 2 rings (SSSR count). The molecule has 0 saturated heterocycles. The summed E-state index contributed by atoms with van der Waals surface area (Å²) in [7, 11) is 1.79. The van der Waals surface area contributed by atoms with Crippen LogP contribution in [0, 0.1) is 0 Å². The molecule has 0 bridgehead atoms. The number of ether oxygens (including phenoxy) is 2. The van der Waals surface area contributed by atoms with Crippen LogP contribution in [-0.4, -0.2) is 42.3 Å². The minimum Gasteiger partial charge on any atom is -0.462 e. The molecule has 0 N–H and O–H groups in total. The van der Waals surface area contributed by atoms with Crippen molar-refractivity contribution in [3.8, 4) is 0 Å². The van der Waals surface area contributed by atoms with Gasteiger partial charge in [0.05, 0.1) is 6.61 Å². The number of hydrogen-bond acceptors (Lipinski definition) is 5. The van der Waals surface area contributed by atoms with Crippen LogP contribution in [0.3, 0.4) is 0 Å². The van der Waals surface area contributed by atoms with Crippen molar-refractivity contribution in [3.05, 3.63) is 21.4 Å². The van der Waals surface area contributed by atoms with Crippen LogP contribution in [0.1, 0.15) is 60.6 Å². The summed E-state index contributed by atoms with van der Waals surface area (Å²) in [4.78, 5) is 27.8. The first-order chi connectivity index (χ1) is 11.2. The average molecular weight is 353 g/mol. The maximum Gasteiger partial charge on any atom is 0.410 e. The fourth-order valence-electron chi connectivity index (χ4n) is 2.82. The molecule has 1 aromatic rings. The summed E-state index contributed by atoms with van der Waals surface area (Å²) >= 11 is 1.52. The van der Waals surface area contributed by atoms with Crippen molar-refractivity contribution in [2.24, 2.45) is 0 Å². The molecule has 1 aliphatic carbocycles. The van der Waals surface area contributed by atoms with Crippen LogP contribution in [0.5, 0.6) is 0 Å². The maximum atomic E-state index is 12.3. The van der Waals surface area contributed by atoms with Crippen LogP contribution in [0.25, 0.3) is 0 Å². The number of rotatable bonds is 3. The van der Waals surface area contributed by atoms with E-state index in [1.54, 1.807) is 11.9 Å². The minimum absolute atomic E-state index is 0.0887. The molecule has 1 aromatic heterocycles. The van der Waals surface area contributed by atoms with Crippen molar-refractivity contribution in [2.45, 2.75) is 65.0 Å². The third-order valence-corrected chi connectivity index (χ3v) is 5.22. The normalized spacial score (nSPS) is 17.6. The summed E-state index contributed by atoms with van der Waals surface area (Å²) in [6.45, 7) is 7.80. The van der Waals surface area contributed by atoms with Crippen molar-refractivity contribution >= 4 is 23.4 Å². The van der Waals surface area contributed by atoms with Gasteiger partial charge in [0.15, 0.2) is 0 Å². The summed E-state index contributed by atoms with van der Waals surface area (Å²) in [6.07, 6.45) is 3.33. The molecular formula is C18H27NO4S. The molecule has 1 aliphatic rings. The summed E-state index contributed by atoms with van der Waals surface area (Å²) < 4.78 is 10.6. The molecular weight excluding hydrogens is 326 g/mol. The molecule has 24 heavy (non-hydrogen) atoms. The van der Waals surface area contributed by atoms with Crippen molar-refractivity contribution < 1.29 is 19.1 Å². The predicted molar refractivity (Wildman–Crippen MR) is 94.7 cm³/mol. The van der Waals surface area contributed by atoms with Crippen LogP contribution in [-0.2, 0) is 22.3 Å². The first-order valence-electron chi connectivity index (χ1n) is 8.45. The van der Waals surface area contributed by atoms with Gasteiger partial charge in [-0.3, -0.25) is 0 Å². The molecule has 6 heteroatoms. The Hall–Kier alpha value is -1.56. The molecule has 1 atom stereocenters. The molecule has 1 heterocycles. The van der Waals surface area contributed by atoms with E-state index in [1.165, 1.54) is 16.2 Å². The number of amides is 1. The first kappa shape index (κ1) is 18.8. The zero-order valence-electron chi connectivity index (χ0n) is 15.2. The number of thiophene rings is 1. The Bertz CT molecular complexity index is 603. The number of nitrogens with zero attached hydrogens (tertiary/aromatic N) is 1. The average Bonchev–Trinajstić information content (AvgIpc) is 2.77. The molecule has 1 unspecified atom stereocenters. The van der Waals surface area contributed by atoms with Crippen molar-refractivity contribution in [3.63, 3.8) is 0 Å². The largest absolute Gasteiger partial charge is 0.462 e. The second-order valence-corrected chi connectivity index (χ2v) is 8.26. The van der Waals surface area contributed by atoms with Gasteiger partial charge in [0.1, 0.15) is 10.5 Å². The Balaban J connectivity index is 2.11. The fourth-order valence-corrected chi connectivity index (χ4v) is 3.95. The minimum atomic E-state index is -0.499. The van der Waals surface area contributed by atoms with E-state index in [-0.39, 0.29) is 18.1 Å². The summed E-state index contributed by atoms with van der Waals surface area (Å²) in [5.74, 6) is -0.257. The second-order valence-electron chi connectivity index (χ2n) is 7.12. The SMILES string of the molecule is CCOC(=O)c1cc2c(s1)CCCC(N(C)C(=O)OC(C)(C)C)C2. The zero-order valence-corrected chi connectivity index (χ0v) is 16.0. The van der Waals surface area contributed by atoms with Crippen molar-refractivity contribution in [1.29, 1.82) is 0 Å². The van der Waals surface area contributed by atoms with Gasteiger partial charge in [-0.05, 0) is 65.0 Å². The molecule has 0 fully saturated rings. The van der Waals surface area contributed by atoms with Gasteiger partial charge < -0.3 is 14.4 Å². The van der Waals surface area contributed by atoms with E-state index in [0.717, 1.165) is 31.2 Å². The lowest BCUT2D eigenvalue weighted by Gasteiger charge is -2.30. The van der Waals surface area contributed by atoms with Gasteiger partial charge in [-0.2, -0.15) is 0 Å². The lowest BCUT2D eigenvalue weighted by molar-refractivity contribution is 0.0214. The predicted octanol–water partition coefficient (Wildman–Crippen LogP) is 4.04. The van der Waals surface area contributed by atoms with Gasteiger partial charge in [0.25, 0.3) is 0 Å². The van der Waals surface area contributed by atoms with Gasteiger partial charge in [-0.1, -0.05) is 0 Å². The number of hydrogen-bond donors (Lipinski definition) is 0. The monoisotopic (exact) mass is 353 g/mol. The van der Waals surface area contributed by atoms with Crippen molar-refractivity contribution in [1.82, 2.24) is 4.90 Å². The van der Waals surface area contributed by atoms with Gasteiger partial charge in [0.2, 0.25) is 0 Å². The zero-order chi connectivity index (χ0) is 17.9. The Morgan fingerprint density at radius 2 is 2.08 bits per heavy atom. The van der Waals surface area contributed by atoms with Gasteiger partial charge in [-0.25, -0.2) is 9.59 Å². The number of fused-ring (bicyclic) bond motifs is 1. The number of aryl methyl sites for hydroxylation is 1. The highest BCUT2D eigenvalue weighted by Crippen LogP contribution is 2.31. The standard InChI is InChI=1S/C18H27NO4S/c1-6-22-16(20)15-11-12-10-13(8-7-9-14(12)24-15)19(5)17(21)23-18(2,3)4/h11,13H,6-10H2,1-5H3. The fraction of sp³-hybridized carbons (Fsp3) is 0.667. The Morgan fingerprint density at radius 3 is 2.71 bits per heavy atom. The van der Waals surface area contributed by atoms with E-state index in [2.05, 4.69) is 0 Å². The third-order valence-electron chi connectivity index (χ3n) is 4.00. The van der Waals surface area contributed by atoms with E-state index in [9.17, 15) is 9.59 Å². The van der Waals surface area contributed by atoms with E-state index >= 15 is 0 Å². The molecule has 0 aromatic carbocycles. The Labute approximate surface area is 147 Å². The summed E-state index contributed by atoms with van der Waals surface area (Å²) in [5, 5.41) is 0. The molecule has 1 amide bonds. The van der Waals surface area contributed by atoms with Gasteiger partial charge in [0, 0.05) is 18.0 Å². The van der Waals surface area contributed by atoms with Crippen LogP contribution in [0.15, 0.2) is 6.07 Å². The highest BCUT2D eigenvalue weighted by atomic mass is 32.1. The number of carbonyl (C=O) groups excluding carboxylic acids is 2. The first-order valence-corrected chi connectivity index (χ1v) is 9.27. The summed E-state index contributed by atoms with van der Waals surface area (Å²) in [6, 6.07) is 2.02. The molecule has 0 saturated carbocycles. The quantitative estimate of drug-likeness (QED) is 0.608. The lowest BCUT2D eigenvalue weighted by atomic mass is 10.1. The van der Waals surface area contributed by atoms with E-state index in [0.29, 0.717) is 11.5 Å². The van der Waals surface area contributed by atoms with E-state index in [4.69, 9.17) is 9.47 Å². The van der Waals surface area contributed by atoms with E-state index < -0.39 is 5.60 Å². The highest BCUT2D eigenvalue weighted by molar-refractivity contribution is 7.14. The van der Waals surface area contributed by atoms with Crippen LogP contribution in [0.2, 0.25) is 0 Å². The third kappa shape index (κ3) is 4.72. The Morgan fingerprint density at radius 1 is 1.38 bits per heavy atom. The van der Waals surface area contributed by atoms with Crippen LogP contribution in [0.4, 0.5) is 4.79 Å².